The number of amides is 1. The lowest BCUT2D eigenvalue weighted by molar-refractivity contribution is -0.114. The number of nitrogens with zero attached hydrogens (tertiary/aromatic N) is 2. The van der Waals surface area contributed by atoms with Crippen molar-refractivity contribution in [3.8, 4) is 0 Å². The van der Waals surface area contributed by atoms with Gasteiger partial charge in [-0.05, 0) is 36.6 Å². The van der Waals surface area contributed by atoms with Gasteiger partial charge >= 0.3 is 0 Å². The summed E-state index contributed by atoms with van der Waals surface area (Å²) in [4.78, 5) is 18.3. The number of halogens is 1. The molecule has 1 fully saturated rings. The van der Waals surface area contributed by atoms with Crippen molar-refractivity contribution in [3.63, 3.8) is 0 Å². The molecular weight excluding hydrogens is 304 g/mol. The van der Waals surface area contributed by atoms with E-state index >= 15 is 0 Å². The SMILES string of the molecule is O=C1N=C2CCCCCN2C1=Cc1ccc(Br)cc1. The average Bonchev–Trinajstić information content (AvgIpc) is 2.58. The molecule has 0 spiro atoms. The predicted molar refractivity (Wildman–Crippen MR) is 79.7 cm³/mol. The first kappa shape index (κ1) is 12.6. The summed E-state index contributed by atoms with van der Waals surface area (Å²) in [5.74, 6) is 0.852. The van der Waals surface area contributed by atoms with Crippen LogP contribution in [0.3, 0.4) is 0 Å². The van der Waals surface area contributed by atoms with Gasteiger partial charge in [0.25, 0.3) is 5.91 Å². The molecule has 0 radical (unpaired) electrons. The second kappa shape index (κ2) is 5.29. The number of benzene rings is 1. The van der Waals surface area contributed by atoms with Crippen molar-refractivity contribution in [2.75, 3.05) is 6.54 Å². The van der Waals surface area contributed by atoms with Crippen molar-refractivity contribution in [3.05, 3.63) is 40.0 Å². The number of hydrogen-bond acceptors (Lipinski definition) is 2. The Bertz CT molecular complexity index is 560. The zero-order chi connectivity index (χ0) is 13.2. The third-order valence-electron chi connectivity index (χ3n) is 3.51. The summed E-state index contributed by atoms with van der Waals surface area (Å²) in [5.41, 5.74) is 1.76. The highest BCUT2D eigenvalue weighted by molar-refractivity contribution is 9.10. The lowest BCUT2D eigenvalue weighted by atomic mass is 10.2. The fourth-order valence-corrected chi connectivity index (χ4v) is 2.78. The fourth-order valence-electron chi connectivity index (χ4n) is 2.52. The van der Waals surface area contributed by atoms with E-state index in [-0.39, 0.29) is 5.91 Å². The predicted octanol–water partition coefficient (Wildman–Crippen LogP) is 3.60. The van der Waals surface area contributed by atoms with Crippen LogP contribution >= 0.6 is 15.9 Å². The molecule has 1 saturated heterocycles. The maximum atomic E-state index is 12.0. The average molecular weight is 319 g/mol. The Balaban J connectivity index is 1.91. The topological polar surface area (TPSA) is 32.7 Å². The molecule has 0 unspecified atom stereocenters. The van der Waals surface area contributed by atoms with Crippen LogP contribution in [0.15, 0.2) is 39.4 Å². The van der Waals surface area contributed by atoms with Crippen LogP contribution in [0.25, 0.3) is 6.08 Å². The molecule has 0 aliphatic carbocycles. The Morgan fingerprint density at radius 3 is 2.74 bits per heavy atom. The fraction of sp³-hybridized carbons (Fsp3) is 0.333. The van der Waals surface area contributed by atoms with Gasteiger partial charge in [0.1, 0.15) is 11.5 Å². The molecule has 2 aliphatic heterocycles. The van der Waals surface area contributed by atoms with Crippen LogP contribution in [0, 0.1) is 0 Å². The van der Waals surface area contributed by atoms with Crippen LogP contribution in [0.4, 0.5) is 0 Å². The van der Waals surface area contributed by atoms with Gasteiger partial charge in [0.05, 0.1) is 0 Å². The Kier molecular flexibility index (Phi) is 3.51. The Morgan fingerprint density at radius 1 is 1.16 bits per heavy atom. The van der Waals surface area contributed by atoms with Crippen molar-refractivity contribution in [2.24, 2.45) is 4.99 Å². The maximum absolute atomic E-state index is 12.0. The van der Waals surface area contributed by atoms with E-state index < -0.39 is 0 Å². The summed E-state index contributed by atoms with van der Waals surface area (Å²) in [6.07, 6.45) is 6.34. The minimum atomic E-state index is -0.0974. The summed E-state index contributed by atoms with van der Waals surface area (Å²) in [6.45, 7) is 0.910. The second-order valence-corrected chi connectivity index (χ2v) is 5.79. The minimum absolute atomic E-state index is 0.0974. The van der Waals surface area contributed by atoms with E-state index in [0.717, 1.165) is 47.4 Å². The number of aliphatic imine (C=N–C) groups is 1. The molecule has 3 rings (SSSR count). The molecule has 19 heavy (non-hydrogen) atoms. The number of fused-ring (bicyclic) bond motifs is 1. The molecule has 3 nitrogen and oxygen atoms in total. The molecule has 1 aromatic carbocycles. The standard InChI is InChI=1S/C15H15BrN2O/c16-12-7-5-11(6-8-12)10-13-15(19)17-14-4-2-1-3-9-18(13)14/h5-8,10H,1-4,9H2. The van der Waals surface area contributed by atoms with Gasteiger partial charge in [-0.2, -0.15) is 4.99 Å². The van der Waals surface area contributed by atoms with Crippen molar-refractivity contribution in [1.82, 2.24) is 4.90 Å². The lowest BCUT2D eigenvalue weighted by Gasteiger charge is -2.18. The highest BCUT2D eigenvalue weighted by atomic mass is 79.9. The molecule has 98 valence electrons. The summed E-state index contributed by atoms with van der Waals surface area (Å²) >= 11 is 3.42. The van der Waals surface area contributed by atoms with Gasteiger partial charge in [-0.25, -0.2) is 0 Å². The van der Waals surface area contributed by atoms with E-state index in [0.29, 0.717) is 0 Å². The molecule has 0 atom stereocenters. The molecule has 2 heterocycles. The van der Waals surface area contributed by atoms with E-state index in [2.05, 4.69) is 25.8 Å². The van der Waals surface area contributed by atoms with E-state index in [1.54, 1.807) is 0 Å². The van der Waals surface area contributed by atoms with Crippen molar-refractivity contribution >= 4 is 33.7 Å². The third-order valence-corrected chi connectivity index (χ3v) is 4.04. The van der Waals surface area contributed by atoms with Crippen LogP contribution in [0.5, 0.6) is 0 Å². The smallest absolute Gasteiger partial charge is 0.295 e. The molecule has 0 aromatic heterocycles. The van der Waals surface area contributed by atoms with Crippen molar-refractivity contribution in [2.45, 2.75) is 25.7 Å². The first-order valence-corrected chi connectivity index (χ1v) is 7.40. The summed E-state index contributed by atoms with van der Waals surface area (Å²) in [7, 11) is 0. The van der Waals surface area contributed by atoms with Crippen molar-refractivity contribution < 1.29 is 4.79 Å². The van der Waals surface area contributed by atoms with Gasteiger partial charge in [0.2, 0.25) is 0 Å². The molecule has 0 saturated carbocycles. The lowest BCUT2D eigenvalue weighted by Crippen LogP contribution is -2.26. The first-order valence-electron chi connectivity index (χ1n) is 6.61. The zero-order valence-corrected chi connectivity index (χ0v) is 12.2. The number of amidine groups is 1. The largest absolute Gasteiger partial charge is 0.325 e. The Hall–Kier alpha value is -1.42. The third kappa shape index (κ3) is 2.63. The second-order valence-electron chi connectivity index (χ2n) is 4.88. The number of hydrogen-bond donors (Lipinski definition) is 0. The van der Waals surface area contributed by atoms with Crippen LogP contribution in [-0.4, -0.2) is 23.2 Å². The monoisotopic (exact) mass is 318 g/mol. The number of carbonyl (C=O) groups excluding carboxylic acids is 1. The highest BCUT2D eigenvalue weighted by Crippen LogP contribution is 2.25. The van der Waals surface area contributed by atoms with Gasteiger partial charge in [-0.15, -0.1) is 0 Å². The molecule has 4 heteroatoms. The highest BCUT2D eigenvalue weighted by Gasteiger charge is 2.29. The van der Waals surface area contributed by atoms with E-state index in [1.165, 1.54) is 6.42 Å². The molecule has 2 aliphatic rings. The normalized spacial score (nSPS) is 21.3. The van der Waals surface area contributed by atoms with Gasteiger partial charge < -0.3 is 4.90 Å². The van der Waals surface area contributed by atoms with E-state index in [9.17, 15) is 4.79 Å². The van der Waals surface area contributed by atoms with Gasteiger partial charge in [0.15, 0.2) is 0 Å². The quantitative estimate of drug-likeness (QED) is 0.741. The van der Waals surface area contributed by atoms with Crippen LogP contribution in [0.1, 0.15) is 31.2 Å². The summed E-state index contributed by atoms with van der Waals surface area (Å²) < 4.78 is 1.04. The van der Waals surface area contributed by atoms with Crippen LogP contribution in [-0.2, 0) is 4.79 Å². The Labute approximate surface area is 121 Å². The molecule has 0 N–H and O–H groups in total. The molecule has 1 aromatic rings. The van der Waals surface area contributed by atoms with E-state index in [4.69, 9.17) is 0 Å². The van der Waals surface area contributed by atoms with Gasteiger partial charge in [-0.1, -0.05) is 34.5 Å². The molecular formula is C15H15BrN2O. The minimum Gasteiger partial charge on any atom is -0.325 e. The van der Waals surface area contributed by atoms with Crippen molar-refractivity contribution in [1.29, 1.82) is 0 Å². The van der Waals surface area contributed by atoms with E-state index in [1.807, 2.05) is 30.3 Å². The molecule has 0 bridgehead atoms. The van der Waals surface area contributed by atoms with Gasteiger partial charge in [-0.3, -0.25) is 4.79 Å². The zero-order valence-electron chi connectivity index (χ0n) is 10.6. The van der Waals surface area contributed by atoms with Crippen LogP contribution in [0.2, 0.25) is 0 Å². The summed E-state index contributed by atoms with van der Waals surface area (Å²) in [6, 6.07) is 7.96. The maximum Gasteiger partial charge on any atom is 0.295 e. The Morgan fingerprint density at radius 2 is 1.95 bits per heavy atom. The number of rotatable bonds is 1. The van der Waals surface area contributed by atoms with Gasteiger partial charge in [0, 0.05) is 17.4 Å². The first-order chi connectivity index (χ1) is 9.24. The summed E-state index contributed by atoms with van der Waals surface area (Å²) in [5, 5.41) is 0. The number of carbonyl (C=O) groups is 1. The van der Waals surface area contributed by atoms with Crippen LogP contribution < -0.4 is 0 Å². The molecule has 1 amide bonds.